The van der Waals surface area contributed by atoms with Gasteiger partial charge < -0.3 is 4.74 Å². The lowest BCUT2D eigenvalue weighted by Gasteiger charge is -2.58. The Morgan fingerprint density at radius 3 is 2.38 bits per heavy atom. The third-order valence-electron chi connectivity index (χ3n) is 11.3. The van der Waals surface area contributed by atoms with Crippen molar-refractivity contribution < 1.29 is 9.53 Å². The van der Waals surface area contributed by atoms with Crippen molar-refractivity contribution in [3.8, 4) is 0 Å². The number of carbonyl (C=O) groups is 1. The molecule has 0 heterocycles. The predicted molar refractivity (Wildman–Crippen MR) is 133 cm³/mol. The quantitative estimate of drug-likeness (QED) is 0.306. The highest BCUT2D eigenvalue weighted by atomic mass is 16.5. The molecule has 0 saturated heterocycles. The van der Waals surface area contributed by atoms with Gasteiger partial charge in [-0.1, -0.05) is 66.0 Å². The number of ether oxygens (including phenoxy) is 1. The summed E-state index contributed by atoms with van der Waals surface area (Å²) in [7, 11) is 0. The number of hydrogen-bond acceptors (Lipinski definition) is 2. The van der Waals surface area contributed by atoms with E-state index in [0.29, 0.717) is 16.7 Å². The van der Waals surface area contributed by atoms with Gasteiger partial charge >= 0.3 is 5.97 Å². The normalized spacial score (nSPS) is 43.0. The van der Waals surface area contributed by atoms with Gasteiger partial charge in [-0.05, 0) is 104 Å². The van der Waals surface area contributed by atoms with Crippen LogP contribution in [0.15, 0.2) is 11.6 Å². The summed E-state index contributed by atoms with van der Waals surface area (Å²) in [4.78, 5) is 11.5. The van der Waals surface area contributed by atoms with E-state index in [1.165, 1.54) is 51.4 Å². The minimum atomic E-state index is -0.104. The van der Waals surface area contributed by atoms with E-state index in [0.717, 1.165) is 48.3 Å². The first-order valence-corrected chi connectivity index (χ1v) is 13.9. The van der Waals surface area contributed by atoms with Crippen molar-refractivity contribution in [2.45, 2.75) is 119 Å². The van der Waals surface area contributed by atoms with Crippen LogP contribution in [0, 0.1) is 52.3 Å². The molecule has 182 valence electrons. The summed E-state index contributed by atoms with van der Waals surface area (Å²) >= 11 is 0. The molecule has 0 spiro atoms. The molecule has 4 aliphatic rings. The van der Waals surface area contributed by atoms with E-state index >= 15 is 0 Å². The molecule has 0 bridgehead atoms. The third-order valence-corrected chi connectivity index (χ3v) is 11.3. The maximum atomic E-state index is 11.5. The van der Waals surface area contributed by atoms with Crippen LogP contribution in [-0.2, 0) is 9.53 Å². The van der Waals surface area contributed by atoms with Gasteiger partial charge in [-0.2, -0.15) is 0 Å². The average Bonchev–Trinajstić information content (AvgIpc) is 3.08. The van der Waals surface area contributed by atoms with Crippen LogP contribution in [0.4, 0.5) is 0 Å². The molecule has 0 aromatic heterocycles. The lowest BCUT2D eigenvalue weighted by Crippen LogP contribution is -2.50. The van der Waals surface area contributed by atoms with E-state index in [-0.39, 0.29) is 12.1 Å². The topological polar surface area (TPSA) is 26.3 Å². The number of carbonyl (C=O) groups excluding carboxylic acids is 1. The molecule has 0 radical (unpaired) electrons. The summed E-state index contributed by atoms with van der Waals surface area (Å²) in [5, 5.41) is 0. The van der Waals surface area contributed by atoms with Crippen LogP contribution in [-0.4, -0.2) is 12.1 Å². The largest absolute Gasteiger partial charge is 0.463 e. The van der Waals surface area contributed by atoms with Crippen molar-refractivity contribution in [1.29, 1.82) is 0 Å². The second-order valence-corrected chi connectivity index (χ2v) is 13.3. The number of allylic oxidation sites excluding steroid dienone is 2. The minimum Gasteiger partial charge on any atom is -0.463 e. The molecule has 2 nitrogen and oxygen atoms in total. The summed E-state index contributed by atoms with van der Waals surface area (Å²) in [6, 6.07) is 0. The number of esters is 1. The van der Waals surface area contributed by atoms with Gasteiger partial charge in [-0.3, -0.25) is 4.79 Å². The fourth-order valence-corrected chi connectivity index (χ4v) is 8.85. The smallest absolute Gasteiger partial charge is 0.302 e. The number of fused-ring (bicyclic) bond motifs is 5. The first kappa shape index (κ1) is 24.3. The van der Waals surface area contributed by atoms with Crippen molar-refractivity contribution in [2.24, 2.45) is 52.3 Å². The van der Waals surface area contributed by atoms with E-state index in [9.17, 15) is 4.79 Å². The summed E-state index contributed by atoms with van der Waals surface area (Å²) in [6.45, 7) is 16.6. The highest BCUT2D eigenvalue weighted by Crippen LogP contribution is 2.67. The van der Waals surface area contributed by atoms with Crippen LogP contribution in [0.5, 0.6) is 0 Å². The molecule has 2 heteroatoms. The Labute approximate surface area is 198 Å². The highest BCUT2D eigenvalue weighted by Gasteiger charge is 2.58. The first-order chi connectivity index (χ1) is 15.1. The molecule has 0 amide bonds. The highest BCUT2D eigenvalue weighted by molar-refractivity contribution is 5.66. The van der Waals surface area contributed by atoms with Crippen molar-refractivity contribution >= 4 is 5.97 Å². The molecule has 9 atom stereocenters. The third kappa shape index (κ3) is 4.22. The predicted octanol–water partition coefficient (Wildman–Crippen LogP) is 8.21. The van der Waals surface area contributed by atoms with Gasteiger partial charge in [0.2, 0.25) is 0 Å². The summed E-state index contributed by atoms with van der Waals surface area (Å²) in [6.07, 6.45) is 15.9. The zero-order valence-corrected chi connectivity index (χ0v) is 22.1. The number of rotatable bonds is 6. The van der Waals surface area contributed by atoms with Crippen LogP contribution in [0.1, 0.15) is 113 Å². The van der Waals surface area contributed by atoms with Crippen LogP contribution in [0.2, 0.25) is 0 Å². The summed E-state index contributed by atoms with van der Waals surface area (Å²) < 4.78 is 5.64. The second-order valence-electron chi connectivity index (χ2n) is 13.3. The fraction of sp³-hybridized carbons (Fsp3) is 0.900. The molecule has 0 aliphatic heterocycles. The van der Waals surface area contributed by atoms with Gasteiger partial charge in [0, 0.05) is 6.92 Å². The van der Waals surface area contributed by atoms with Crippen molar-refractivity contribution in [1.82, 2.24) is 0 Å². The van der Waals surface area contributed by atoms with E-state index in [1.807, 2.05) is 5.57 Å². The Kier molecular flexibility index (Phi) is 6.92. The molecule has 0 unspecified atom stereocenters. The molecular weight excluding hydrogens is 392 g/mol. The second kappa shape index (κ2) is 9.10. The van der Waals surface area contributed by atoms with Gasteiger partial charge in [0.25, 0.3) is 0 Å². The molecule has 32 heavy (non-hydrogen) atoms. The molecule has 4 aliphatic carbocycles. The Hall–Kier alpha value is -0.790. The fourth-order valence-electron chi connectivity index (χ4n) is 8.85. The van der Waals surface area contributed by atoms with Gasteiger partial charge in [-0.25, -0.2) is 0 Å². The Balaban J connectivity index is 1.47. The molecule has 4 rings (SSSR count). The van der Waals surface area contributed by atoms with Gasteiger partial charge in [0.05, 0.1) is 0 Å². The monoisotopic (exact) mass is 442 g/mol. The molecule has 3 fully saturated rings. The van der Waals surface area contributed by atoms with Crippen LogP contribution < -0.4 is 0 Å². The van der Waals surface area contributed by atoms with E-state index in [2.05, 4.69) is 47.6 Å². The average molecular weight is 443 g/mol. The van der Waals surface area contributed by atoms with E-state index < -0.39 is 0 Å². The SMILES string of the molecule is CC(=O)O[C@@H]1CC[C@]2(C)[C@H](CC=C3[C@@H]2CC[C@]2(C)[C@@H]([C@H](C)CC[C@H](C)C(C)C)CC[C@@H]32)C1. The lowest BCUT2D eigenvalue weighted by molar-refractivity contribution is -0.152. The lowest BCUT2D eigenvalue weighted by atomic mass is 9.47. The summed E-state index contributed by atoms with van der Waals surface area (Å²) in [5.74, 6) is 5.58. The van der Waals surface area contributed by atoms with Crippen molar-refractivity contribution in [3.05, 3.63) is 11.6 Å². The first-order valence-electron chi connectivity index (χ1n) is 13.9. The van der Waals surface area contributed by atoms with E-state index in [4.69, 9.17) is 4.74 Å². The Morgan fingerprint density at radius 1 is 1.00 bits per heavy atom. The Morgan fingerprint density at radius 2 is 1.69 bits per heavy atom. The zero-order chi connectivity index (χ0) is 23.3. The van der Waals surface area contributed by atoms with Crippen LogP contribution in [0.25, 0.3) is 0 Å². The maximum Gasteiger partial charge on any atom is 0.302 e. The molecule has 0 N–H and O–H groups in total. The van der Waals surface area contributed by atoms with Crippen molar-refractivity contribution in [3.63, 3.8) is 0 Å². The van der Waals surface area contributed by atoms with Gasteiger partial charge in [-0.15, -0.1) is 0 Å². The standard InChI is InChI=1S/C30H50O2/c1-19(2)20(3)8-9-21(4)26-12-13-27-25-11-10-23-18-24(32-22(5)31)14-16-29(23,6)28(25)15-17-30(26,27)7/h11,19-21,23-24,26-28H,8-10,12-18H2,1-7H3/t20-,21+,23+,24+,26+,27-,28-,29+,30+/m0/s1. The van der Waals surface area contributed by atoms with Crippen molar-refractivity contribution in [2.75, 3.05) is 0 Å². The van der Waals surface area contributed by atoms with Crippen LogP contribution in [0.3, 0.4) is 0 Å². The van der Waals surface area contributed by atoms with Gasteiger partial charge in [0.1, 0.15) is 6.10 Å². The zero-order valence-electron chi connectivity index (χ0n) is 22.1. The minimum absolute atomic E-state index is 0.104. The maximum absolute atomic E-state index is 11.5. The summed E-state index contributed by atoms with van der Waals surface area (Å²) in [5.41, 5.74) is 2.79. The molecule has 0 aromatic rings. The molecular formula is C30H50O2. The molecule has 0 aromatic carbocycles. The number of hydrogen-bond donors (Lipinski definition) is 0. The van der Waals surface area contributed by atoms with Gasteiger partial charge in [0.15, 0.2) is 0 Å². The van der Waals surface area contributed by atoms with E-state index in [1.54, 1.807) is 6.92 Å². The molecule has 3 saturated carbocycles. The Bertz CT molecular complexity index is 722. The van der Waals surface area contributed by atoms with Crippen LogP contribution >= 0.6 is 0 Å².